The smallest absolute Gasteiger partial charge is 0.121 e. The molecule has 0 saturated carbocycles. The number of rotatable bonds is 7. The van der Waals surface area contributed by atoms with Crippen LogP contribution in [-0.4, -0.2) is 46.2 Å². The van der Waals surface area contributed by atoms with Gasteiger partial charge in [-0.25, -0.2) is 0 Å². The summed E-state index contributed by atoms with van der Waals surface area (Å²) in [7, 11) is 2.23. The highest BCUT2D eigenvalue weighted by Gasteiger charge is 2.21. The van der Waals surface area contributed by atoms with Crippen molar-refractivity contribution in [2.45, 2.75) is 52.2 Å². The molecule has 2 aromatic carbocycles. The normalized spacial score (nSPS) is 17.7. The molecule has 1 saturated heterocycles. The van der Waals surface area contributed by atoms with Crippen LogP contribution >= 0.6 is 0 Å². The number of hydrogen-bond acceptors (Lipinski definition) is 4. The fraction of sp³-hybridized carbons (Fsp3) is 0.478. The molecule has 0 amide bonds. The molecular formula is C23H32N2O2. The van der Waals surface area contributed by atoms with Crippen molar-refractivity contribution in [2.75, 3.05) is 20.1 Å². The molecule has 1 heterocycles. The van der Waals surface area contributed by atoms with E-state index in [0.717, 1.165) is 42.7 Å². The van der Waals surface area contributed by atoms with Gasteiger partial charge in [-0.15, -0.1) is 0 Å². The molecule has 2 aromatic rings. The number of nitrogens with zero attached hydrogens (tertiary/aromatic N) is 2. The summed E-state index contributed by atoms with van der Waals surface area (Å²) >= 11 is 0. The largest absolute Gasteiger partial charge is 0.508 e. The zero-order valence-corrected chi connectivity index (χ0v) is 16.8. The zero-order valence-electron chi connectivity index (χ0n) is 16.8. The molecule has 1 aliphatic rings. The van der Waals surface area contributed by atoms with Crippen LogP contribution in [0.15, 0.2) is 36.4 Å². The Morgan fingerprint density at radius 2 is 1.74 bits per heavy atom. The SMILES string of the molecule is Cc1cc(CN(CC[C@@H]2CCCN2C)Cc2cccc(O)c2)cc(C)c1O. The maximum absolute atomic E-state index is 10.1. The van der Waals surface area contributed by atoms with E-state index in [0.29, 0.717) is 17.5 Å². The lowest BCUT2D eigenvalue weighted by molar-refractivity contribution is 0.211. The van der Waals surface area contributed by atoms with E-state index in [1.54, 1.807) is 6.07 Å². The Labute approximate surface area is 163 Å². The van der Waals surface area contributed by atoms with Crippen molar-refractivity contribution in [3.8, 4) is 11.5 Å². The number of likely N-dealkylation sites (tertiary alicyclic amines) is 1. The minimum atomic E-state index is 0.319. The van der Waals surface area contributed by atoms with Crippen molar-refractivity contribution in [2.24, 2.45) is 0 Å². The summed E-state index contributed by atoms with van der Waals surface area (Å²) in [6.07, 6.45) is 3.74. The molecular weight excluding hydrogens is 336 g/mol. The first-order chi connectivity index (χ1) is 12.9. The van der Waals surface area contributed by atoms with E-state index in [2.05, 4.69) is 35.0 Å². The fourth-order valence-electron chi connectivity index (χ4n) is 4.20. The second-order valence-corrected chi connectivity index (χ2v) is 8.02. The molecule has 2 N–H and O–H groups in total. The summed E-state index contributed by atoms with van der Waals surface area (Å²) in [5.74, 6) is 0.713. The fourth-order valence-corrected chi connectivity index (χ4v) is 4.20. The van der Waals surface area contributed by atoms with E-state index < -0.39 is 0 Å². The van der Waals surface area contributed by atoms with Crippen LogP contribution in [0.2, 0.25) is 0 Å². The second-order valence-electron chi connectivity index (χ2n) is 8.02. The summed E-state index contributed by atoms with van der Waals surface area (Å²) in [6, 6.07) is 12.4. The summed E-state index contributed by atoms with van der Waals surface area (Å²) in [5, 5.41) is 19.9. The average molecular weight is 369 g/mol. The Kier molecular flexibility index (Phi) is 6.40. The van der Waals surface area contributed by atoms with Gasteiger partial charge in [0, 0.05) is 25.7 Å². The molecule has 1 fully saturated rings. The third-order valence-electron chi connectivity index (χ3n) is 5.72. The van der Waals surface area contributed by atoms with Crippen molar-refractivity contribution in [1.82, 2.24) is 9.80 Å². The number of phenols is 2. The second kappa shape index (κ2) is 8.77. The molecule has 0 aromatic heterocycles. The third kappa shape index (κ3) is 5.24. The Morgan fingerprint density at radius 1 is 1.04 bits per heavy atom. The van der Waals surface area contributed by atoms with Crippen LogP contribution in [0.3, 0.4) is 0 Å². The molecule has 0 spiro atoms. The van der Waals surface area contributed by atoms with Crippen LogP contribution in [0.4, 0.5) is 0 Å². The molecule has 4 heteroatoms. The Morgan fingerprint density at radius 3 is 2.37 bits per heavy atom. The first kappa shape index (κ1) is 19.7. The molecule has 4 nitrogen and oxygen atoms in total. The number of hydrogen-bond donors (Lipinski definition) is 2. The monoisotopic (exact) mass is 368 g/mol. The topological polar surface area (TPSA) is 46.9 Å². The quantitative estimate of drug-likeness (QED) is 0.769. The summed E-state index contributed by atoms with van der Waals surface area (Å²) in [6.45, 7) is 7.78. The van der Waals surface area contributed by atoms with Crippen molar-refractivity contribution in [1.29, 1.82) is 0 Å². The highest BCUT2D eigenvalue weighted by Crippen LogP contribution is 2.25. The zero-order chi connectivity index (χ0) is 19.4. The standard InChI is InChI=1S/C23H32N2O2/c1-17-12-20(13-18(2)23(17)27)16-25(11-9-21-7-5-10-24(21)3)15-19-6-4-8-22(26)14-19/h4,6,8,12-14,21,26-27H,5,7,9-11,15-16H2,1-3H3/t21-/m0/s1. The molecule has 27 heavy (non-hydrogen) atoms. The summed E-state index contributed by atoms with van der Waals surface area (Å²) < 4.78 is 0. The van der Waals surface area contributed by atoms with Gasteiger partial charge in [0.15, 0.2) is 0 Å². The highest BCUT2D eigenvalue weighted by atomic mass is 16.3. The van der Waals surface area contributed by atoms with Gasteiger partial charge < -0.3 is 15.1 Å². The molecule has 146 valence electrons. The Bertz CT molecular complexity index is 752. The number of phenolic OH excluding ortho intramolecular Hbond substituents is 2. The van der Waals surface area contributed by atoms with Crippen LogP contribution in [-0.2, 0) is 13.1 Å². The van der Waals surface area contributed by atoms with Gasteiger partial charge in [-0.2, -0.15) is 0 Å². The van der Waals surface area contributed by atoms with Gasteiger partial charge in [-0.3, -0.25) is 4.90 Å². The maximum Gasteiger partial charge on any atom is 0.121 e. The van der Waals surface area contributed by atoms with Crippen LogP contribution in [0.5, 0.6) is 11.5 Å². The van der Waals surface area contributed by atoms with Crippen LogP contribution < -0.4 is 0 Å². The highest BCUT2D eigenvalue weighted by molar-refractivity contribution is 5.42. The molecule has 0 bridgehead atoms. The molecule has 0 radical (unpaired) electrons. The lowest BCUT2D eigenvalue weighted by Gasteiger charge is -2.27. The first-order valence-corrected chi connectivity index (χ1v) is 9.92. The Hall–Kier alpha value is -2.04. The van der Waals surface area contributed by atoms with Crippen LogP contribution in [0.25, 0.3) is 0 Å². The summed E-state index contributed by atoms with van der Waals surface area (Å²) in [5.41, 5.74) is 4.21. The third-order valence-corrected chi connectivity index (χ3v) is 5.72. The van der Waals surface area contributed by atoms with E-state index in [1.165, 1.54) is 24.9 Å². The predicted molar refractivity (Wildman–Crippen MR) is 110 cm³/mol. The van der Waals surface area contributed by atoms with Gasteiger partial charge in [0.2, 0.25) is 0 Å². The first-order valence-electron chi connectivity index (χ1n) is 9.92. The van der Waals surface area contributed by atoms with Crippen LogP contribution in [0, 0.1) is 13.8 Å². The minimum Gasteiger partial charge on any atom is -0.508 e. The molecule has 0 unspecified atom stereocenters. The van der Waals surface area contributed by atoms with Gasteiger partial charge in [-0.05, 0) is 81.1 Å². The molecule has 1 aliphatic heterocycles. The molecule has 1 atom stereocenters. The minimum absolute atomic E-state index is 0.319. The number of benzene rings is 2. The maximum atomic E-state index is 10.1. The van der Waals surface area contributed by atoms with Gasteiger partial charge >= 0.3 is 0 Å². The van der Waals surface area contributed by atoms with E-state index in [1.807, 2.05) is 26.0 Å². The molecule has 0 aliphatic carbocycles. The van der Waals surface area contributed by atoms with Gasteiger partial charge in [-0.1, -0.05) is 24.3 Å². The number of aromatic hydroxyl groups is 2. The van der Waals surface area contributed by atoms with E-state index >= 15 is 0 Å². The van der Waals surface area contributed by atoms with E-state index in [9.17, 15) is 10.2 Å². The van der Waals surface area contributed by atoms with Gasteiger partial charge in [0.05, 0.1) is 0 Å². The van der Waals surface area contributed by atoms with Gasteiger partial charge in [0.25, 0.3) is 0 Å². The van der Waals surface area contributed by atoms with Crippen LogP contribution in [0.1, 0.15) is 41.5 Å². The lowest BCUT2D eigenvalue weighted by atomic mass is 10.0. The predicted octanol–water partition coefficient (Wildman–Crippen LogP) is 4.20. The van der Waals surface area contributed by atoms with Crippen molar-refractivity contribution < 1.29 is 10.2 Å². The molecule has 3 rings (SSSR count). The average Bonchev–Trinajstić information content (AvgIpc) is 3.02. The Balaban J connectivity index is 1.73. The number of aryl methyl sites for hydroxylation is 2. The van der Waals surface area contributed by atoms with E-state index in [4.69, 9.17) is 0 Å². The van der Waals surface area contributed by atoms with Crippen molar-refractivity contribution in [3.05, 3.63) is 58.7 Å². The van der Waals surface area contributed by atoms with Gasteiger partial charge in [0.1, 0.15) is 11.5 Å². The lowest BCUT2D eigenvalue weighted by Crippen LogP contribution is -2.31. The van der Waals surface area contributed by atoms with Crippen molar-refractivity contribution in [3.63, 3.8) is 0 Å². The van der Waals surface area contributed by atoms with Crippen molar-refractivity contribution >= 4 is 0 Å². The van der Waals surface area contributed by atoms with E-state index in [-0.39, 0.29) is 0 Å². The summed E-state index contributed by atoms with van der Waals surface area (Å²) in [4.78, 5) is 4.92.